The highest BCUT2D eigenvalue weighted by atomic mass is 32.2. The Labute approximate surface area is 157 Å². The zero-order valence-corrected chi connectivity index (χ0v) is 17.3. The topological polar surface area (TPSA) is 69.7 Å². The summed E-state index contributed by atoms with van der Waals surface area (Å²) in [6.07, 6.45) is 0. The normalized spacial score (nSPS) is 18.0. The summed E-state index contributed by atoms with van der Waals surface area (Å²) in [5, 5.41) is 3.00. The van der Waals surface area contributed by atoms with Crippen molar-refractivity contribution < 1.29 is 13.2 Å². The Hall–Kier alpha value is -1.44. The summed E-state index contributed by atoms with van der Waals surface area (Å²) in [4.78, 5) is 14.4. The van der Waals surface area contributed by atoms with Gasteiger partial charge in [-0.05, 0) is 30.2 Å². The molecule has 2 rings (SSSR count). The number of hydrogen-bond acceptors (Lipinski definition) is 4. The lowest BCUT2D eigenvalue weighted by Crippen LogP contribution is -2.52. The molecular formula is C19H31N3O3S. The standard InChI is InChI=1S/C19H31N3O3S/c1-15(14-20-5)18(23)21-10-12-22(13-11-21)26(24,25)17-8-6-16(7-9-17)19(2,3)4/h6-9,15,20H,10-14H2,1-5H3. The van der Waals surface area contributed by atoms with Gasteiger partial charge >= 0.3 is 0 Å². The Balaban J connectivity index is 2.05. The van der Waals surface area contributed by atoms with Crippen molar-refractivity contribution in [2.75, 3.05) is 39.8 Å². The van der Waals surface area contributed by atoms with Crippen LogP contribution in [0.1, 0.15) is 33.3 Å². The molecule has 0 saturated carbocycles. The maximum absolute atomic E-state index is 12.9. The maximum atomic E-state index is 12.9. The Morgan fingerprint density at radius 1 is 1.12 bits per heavy atom. The lowest BCUT2D eigenvalue weighted by Gasteiger charge is -2.35. The summed E-state index contributed by atoms with van der Waals surface area (Å²) in [6.45, 7) is 10.3. The molecule has 0 radical (unpaired) electrons. The van der Waals surface area contributed by atoms with Crippen molar-refractivity contribution in [2.24, 2.45) is 5.92 Å². The Morgan fingerprint density at radius 3 is 2.12 bits per heavy atom. The fraction of sp³-hybridized carbons (Fsp3) is 0.632. The van der Waals surface area contributed by atoms with Crippen LogP contribution in [0.4, 0.5) is 0 Å². The predicted octanol–water partition coefficient (Wildman–Crippen LogP) is 1.67. The summed E-state index contributed by atoms with van der Waals surface area (Å²) in [5.41, 5.74) is 1.09. The van der Waals surface area contributed by atoms with Crippen LogP contribution < -0.4 is 5.32 Å². The molecule has 146 valence electrons. The number of rotatable bonds is 5. The van der Waals surface area contributed by atoms with Crippen molar-refractivity contribution in [1.82, 2.24) is 14.5 Å². The van der Waals surface area contributed by atoms with Gasteiger partial charge in [-0.25, -0.2) is 8.42 Å². The molecule has 0 spiro atoms. The second kappa shape index (κ2) is 8.06. The number of nitrogens with zero attached hydrogens (tertiary/aromatic N) is 2. The average molecular weight is 382 g/mol. The molecule has 1 aromatic carbocycles. The molecule has 26 heavy (non-hydrogen) atoms. The van der Waals surface area contributed by atoms with Crippen LogP contribution in [0.2, 0.25) is 0 Å². The van der Waals surface area contributed by atoms with Gasteiger partial charge in [0.25, 0.3) is 0 Å². The number of sulfonamides is 1. The molecule has 1 N–H and O–H groups in total. The molecule has 1 amide bonds. The molecule has 1 aliphatic heterocycles. The van der Waals surface area contributed by atoms with E-state index in [1.54, 1.807) is 17.0 Å². The lowest BCUT2D eigenvalue weighted by atomic mass is 9.87. The van der Waals surface area contributed by atoms with E-state index in [0.717, 1.165) is 5.56 Å². The molecule has 6 nitrogen and oxygen atoms in total. The molecule has 1 aromatic rings. The molecule has 0 aliphatic carbocycles. The molecule has 1 saturated heterocycles. The number of carbonyl (C=O) groups is 1. The second-order valence-corrected chi connectivity index (χ2v) is 9.90. The molecular weight excluding hydrogens is 350 g/mol. The van der Waals surface area contributed by atoms with Crippen molar-refractivity contribution in [3.05, 3.63) is 29.8 Å². The van der Waals surface area contributed by atoms with E-state index in [1.165, 1.54) is 4.31 Å². The summed E-state index contributed by atoms with van der Waals surface area (Å²) in [6, 6.07) is 7.13. The van der Waals surface area contributed by atoms with E-state index in [4.69, 9.17) is 0 Å². The number of hydrogen-bond donors (Lipinski definition) is 1. The van der Waals surface area contributed by atoms with Crippen LogP contribution >= 0.6 is 0 Å². The number of piperazine rings is 1. The van der Waals surface area contributed by atoms with Gasteiger partial charge in [0.05, 0.1) is 4.90 Å². The van der Waals surface area contributed by atoms with Crippen LogP contribution in [-0.2, 0) is 20.2 Å². The zero-order chi connectivity index (χ0) is 19.5. The van der Waals surface area contributed by atoms with E-state index < -0.39 is 10.0 Å². The molecule has 7 heteroatoms. The van der Waals surface area contributed by atoms with E-state index in [-0.39, 0.29) is 17.2 Å². The summed E-state index contributed by atoms with van der Waals surface area (Å²) in [5.74, 6) is -0.0287. The highest BCUT2D eigenvalue weighted by Gasteiger charge is 2.31. The molecule has 1 aliphatic rings. The van der Waals surface area contributed by atoms with Crippen LogP contribution in [0.3, 0.4) is 0 Å². The monoisotopic (exact) mass is 381 g/mol. The Morgan fingerprint density at radius 2 is 1.65 bits per heavy atom. The van der Waals surface area contributed by atoms with Gasteiger partial charge in [-0.15, -0.1) is 0 Å². The fourth-order valence-corrected chi connectivity index (χ4v) is 4.55. The van der Waals surface area contributed by atoms with Crippen LogP contribution in [-0.4, -0.2) is 63.3 Å². The van der Waals surface area contributed by atoms with Gasteiger partial charge in [0.2, 0.25) is 15.9 Å². The highest BCUT2D eigenvalue weighted by Crippen LogP contribution is 2.25. The van der Waals surface area contributed by atoms with Crippen molar-refractivity contribution in [3.8, 4) is 0 Å². The summed E-state index contributed by atoms with van der Waals surface area (Å²) < 4.78 is 27.2. The number of amides is 1. The number of nitrogens with one attached hydrogen (secondary N) is 1. The Bertz CT molecular complexity index is 715. The quantitative estimate of drug-likeness (QED) is 0.842. The first kappa shape index (κ1) is 20.9. The van der Waals surface area contributed by atoms with Gasteiger partial charge in [0, 0.05) is 38.6 Å². The smallest absolute Gasteiger partial charge is 0.243 e. The van der Waals surface area contributed by atoms with Crippen LogP contribution in [0.15, 0.2) is 29.2 Å². The van der Waals surface area contributed by atoms with E-state index in [0.29, 0.717) is 37.6 Å². The van der Waals surface area contributed by atoms with E-state index in [1.807, 2.05) is 26.1 Å². The molecule has 1 fully saturated rings. The molecule has 1 unspecified atom stereocenters. The molecule has 0 aromatic heterocycles. The first-order valence-corrected chi connectivity index (χ1v) is 10.6. The molecule has 1 atom stereocenters. The third kappa shape index (κ3) is 4.64. The van der Waals surface area contributed by atoms with Gasteiger partial charge in [0.1, 0.15) is 0 Å². The third-order valence-electron chi connectivity index (χ3n) is 4.84. The minimum atomic E-state index is -3.52. The van der Waals surface area contributed by atoms with Crippen LogP contribution in [0, 0.1) is 5.92 Å². The third-order valence-corrected chi connectivity index (χ3v) is 6.75. The maximum Gasteiger partial charge on any atom is 0.243 e. The van der Waals surface area contributed by atoms with Crippen molar-refractivity contribution in [3.63, 3.8) is 0 Å². The summed E-state index contributed by atoms with van der Waals surface area (Å²) in [7, 11) is -1.70. The van der Waals surface area contributed by atoms with Gasteiger partial charge in [-0.1, -0.05) is 39.8 Å². The highest BCUT2D eigenvalue weighted by molar-refractivity contribution is 7.89. The average Bonchev–Trinajstić information content (AvgIpc) is 2.60. The van der Waals surface area contributed by atoms with E-state index in [9.17, 15) is 13.2 Å². The van der Waals surface area contributed by atoms with E-state index in [2.05, 4.69) is 26.1 Å². The van der Waals surface area contributed by atoms with E-state index >= 15 is 0 Å². The largest absolute Gasteiger partial charge is 0.340 e. The number of carbonyl (C=O) groups excluding carboxylic acids is 1. The number of benzene rings is 1. The van der Waals surface area contributed by atoms with Crippen LogP contribution in [0.25, 0.3) is 0 Å². The molecule has 0 bridgehead atoms. The van der Waals surface area contributed by atoms with Gasteiger partial charge in [-0.3, -0.25) is 4.79 Å². The summed E-state index contributed by atoms with van der Waals surface area (Å²) >= 11 is 0. The van der Waals surface area contributed by atoms with Crippen molar-refractivity contribution in [2.45, 2.75) is 38.0 Å². The zero-order valence-electron chi connectivity index (χ0n) is 16.4. The fourth-order valence-electron chi connectivity index (χ4n) is 3.13. The minimum Gasteiger partial charge on any atom is -0.340 e. The lowest BCUT2D eigenvalue weighted by molar-refractivity contribution is -0.136. The van der Waals surface area contributed by atoms with Gasteiger partial charge in [-0.2, -0.15) is 4.31 Å². The molecule has 1 heterocycles. The first-order valence-electron chi connectivity index (χ1n) is 9.11. The van der Waals surface area contributed by atoms with Crippen molar-refractivity contribution in [1.29, 1.82) is 0 Å². The minimum absolute atomic E-state index is 0.0156. The predicted molar refractivity (Wildman–Crippen MR) is 104 cm³/mol. The first-order chi connectivity index (χ1) is 12.1. The van der Waals surface area contributed by atoms with Crippen LogP contribution in [0.5, 0.6) is 0 Å². The van der Waals surface area contributed by atoms with Crippen molar-refractivity contribution >= 4 is 15.9 Å². The second-order valence-electron chi connectivity index (χ2n) is 7.96. The van der Waals surface area contributed by atoms with Gasteiger partial charge in [0.15, 0.2) is 0 Å². The van der Waals surface area contributed by atoms with Gasteiger partial charge < -0.3 is 10.2 Å². The Kier molecular flexibility index (Phi) is 6.47. The SMILES string of the molecule is CNCC(C)C(=O)N1CCN(S(=O)(=O)c2ccc(C(C)(C)C)cc2)CC1.